The molecule has 4 bridgehead atoms. The van der Waals surface area contributed by atoms with Crippen LogP contribution in [-0.4, -0.2) is 11.4 Å². The molecule has 132 valence electrons. The molecule has 0 spiro atoms. The van der Waals surface area contributed by atoms with Gasteiger partial charge < -0.3 is 9.73 Å². The molecule has 0 saturated heterocycles. The van der Waals surface area contributed by atoms with Gasteiger partial charge in [-0.25, -0.2) is 0 Å². The van der Waals surface area contributed by atoms with Crippen LogP contribution >= 0.6 is 0 Å². The number of fused-ring (bicyclic) bond motifs is 3. The first kappa shape index (κ1) is 14.8. The average Bonchev–Trinajstić information content (AvgIpc) is 3.05. The van der Waals surface area contributed by atoms with Crippen molar-refractivity contribution >= 4 is 27.6 Å². The Balaban J connectivity index is 1.35. The topological polar surface area (TPSA) is 42.2 Å². The van der Waals surface area contributed by atoms with E-state index in [0.717, 1.165) is 53.4 Å². The Bertz CT molecular complexity index is 996. The van der Waals surface area contributed by atoms with Crippen LogP contribution in [-0.2, 0) is 0 Å². The number of hydrogen-bond acceptors (Lipinski definition) is 2. The zero-order chi connectivity index (χ0) is 17.3. The number of carbonyl (C=O) groups excluding carboxylic acids is 1. The number of rotatable bonds is 2. The van der Waals surface area contributed by atoms with Crippen LogP contribution in [0, 0.1) is 17.8 Å². The van der Waals surface area contributed by atoms with Crippen LogP contribution in [0.2, 0.25) is 0 Å². The Labute approximate surface area is 152 Å². The van der Waals surface area contributed by atoms with Crippen molar-refractivity contribution in [1.82, 2.24) is 5.32 Å². The van der Waals surface area contributed by atoms with Gasteiger partial charge >= 0.3 is 0 Å². The van der Waals surface area contributed by atoms with E-state index >= 15 is 0 Å². The Morgan fingerprint density at radius 1 is 0.923 bits per heavy atom. The molecule has 2 aromatic carbocycles. The highest BCUT2D eigenvalue weighted by atomic mass is 16.3. The summed E-state index contributed by atoms with van der Waals surface area (Å²) in [5, 5.41) is 6.76. The number of hydrogen-bond donors (Lipinski definition) is 1. The van der Waals surface area contributed by atoms with Crippen LogP contribution in [0.25, 0.3) is 21.7 Å². The molecule has 3 aromatic rings. The Morgan fingerprint density at radius 2 is 1.62 bits per heavy atom. The minimum atomic E-state index is -0.0350. The van der Waals surface area contributed by atoms with E-state index in [1.807, 2.05) is 24.3 Å². The Hall–Kier alpha value is -2.29. The normalized spacial score (nSPS) is 32.4. The van der Waals surface area contributed by atoms with E-state index < -0.39 is 0 Å². The molecule has 1 amide bonds. The standard InChI is InChI=1S/C23H23NO2/c25-22(24-23-11-14-7-15(12-23)9-16(8-14)13-23)21-10-19-18-4-2-1-3-17(18)5-6-20(19)26-21/h1-6,10,14-16H,7-9,11-13H2,(H,24,25). The largest absolute Gasteiger partial charge is 0.451 e. The van der Waals surface area contributed by atoms with Gasteiger partial charge in [0.25, 0.3) is 5.91 Å². The molecule has 3 nitrogen and oxygen atoms in total. The van der Waals surface area contributed by atoms with Crippen LogP contribution < -0.4 is 5.32 Å². The summed E-state index contributed by atoms with van der Waals surface area (Å²) >= 11 is 0. The zero-order valence-electron chi connectivity index (χ0n) is 14.8. The molecule has 4 fully saturated rings. The van der Waals surface area contributed by atoms with Gasteiger partial charge in [-0.3, -0.25) is 4.79 Å². The average molecular weight is 345 g/mol. The lowest BCUT2D eigenvalue weighted by Crippen LogP contribution is -2.59. The van der Waals surface area contributed by atoms with Crippen molar-refractivity contribution in [2.45, 2.75) is 44.1 Å². The van der Waals surface area contributed by atoms with Crippen LogP contribution in [0.1, 0.15) is 49.1 Å². The summed E-state index contributed by atoms with van der Waals surface area (Å²) < 4.78 is 5.94. The van der Waals surface area contributed by atoms with E-state index in [9.17, 15) is 4.79 Å². The van der Waals surface area contributed by atoms with Gasteiger partial charge in [-0.2, -0.15) is 0 Å². The predicted octanol–water partition coefficient (Wildman–Crippen LogP) is 5.28. The molecule has 1 aromatic heterocycles. The first-order valence-corrected chi connectivity index (χ1v) is 9.91. The fourth-order valence-corrected chi connectivity index (χ4v) is 6.47. The van der Waals surface area contributed by atoms with Gasteiger partial charge in [0.2, 0.25) is 0 Å². The van der Waals surface area contributed by atoms with E-state index in [-0.39, 0.29) is 11.4 Å². The number of carbonyl (C=O) groups is 1. The second-order valence-electron chi connectivity index (χ2n) is 8.96. The molecule has 1 heterocycles. The molecule has 7 rings (SSSR count). The van der Waals surface area contributed by atoms with Crippen LogP contribution in [0.15, 0.2) is 46.9 Å². The zero-order valence-corrected chi connectivity index (χ0v) is 14.8. The third-order valence-electron chi connectivity index (χ3n) is 7.07. The minimum Gasteiger partial charge on any atom is -0.451 e. The fourth-order valence-electron chi connectivity index (χ4n) is 6.47. The second-order valence-corrected chi connectivity index (χ2v) is 8.96. The van der Waals surface area contributed by atoms with Crippen molar-refractivity contribution in [1.29, 1.82) is 0 Å². The lowest BCUT2D eigenvalue weighted by Gasteiger charge is -2.56. The molecule has 0 unspecified atom stereocenters. The Kier molecular flexibility index (Phi) is 2.92. The van der Waals surface area contributed by atoms with Crippen molar-refractivity contribution in [2.75, 3.05) is 0 Å². The summed E-state index contributed by atoms with van der Waals surface area (Å²) in [6.07, 6.45) is 7.62. The number of benzene rings is 2. The van der Waals surface area contributed by atoms with Gasteiger partial charge in [0, 0.05) is 10.9 Å². The number of furan rings is 1. The van der Waals surface area contributed by atoms with E-state index in [0.29, 0.717) is 5.76 Å². The third kappa shape index (κ3) is 2.16. The van der Waals surface area contributed by atoms with E-state index in [1.54, 1.807) is 0 Å². The second kappa shape index (κ2) is 5.12. The highest BCUT2D eigenvalue weighted by Gasteiger charge is 2.51. The maximum absolute atomic E-state index is 13.0. The summed E-state index contributed by atoms with van der Waals surface area (Å²) in [5.41, 5.74) is 0.812. The number of amides is 1. The Morgan fingerprint density at radius 3 is 2.35 bits per heavy atom. The summed E-state index contributed by atoms with van der Waals surface area (Å²) in [4.78, 5) is 13.0. The highest BCUT2D eigenvalue weighted by Crippen LogP contribution is 2.55. The van der Waals surface area contributed by atoms with Crippen molar-refractivity contribution in [3.8, 4) is 0 Å². The SMILES string of the molecule is O=C(NC12CC3CC(CC(C3)C1)C2)c1cc2c(ccc3ccccc32)o1. The molecular formula is C23H23NO2. The lowest BCUT2D eigenvalue weighted by atomic mass is 9.53. The van der Waals surface area contributed by atoms with Crippen molar-refractivity contribution < 1.29 is 9.21 Å². The summed E-state index contributed by atoms with van der Waals surface area (Å²) in [5.74, 6) is 2.88. The third-order valence-corrected chi connectivity index (χ3v) is 7.07. The minimum absolute atomic E-state index is 0.0207. The van der Waals surface area contributed by atoms with Gasteiger partial charge in [0.05, 0.1) is 0 Å². The molecule has 1 N–H and O–H groups in total. The summed E-state index contributed by atoms with van der Waals surface area (Å²) in [6, 6.07) is 14.2. The summed E-state index contributed by atoms with van der Waals surface area (Å²) in [6.45, 7) is 0. The smallest absolute Gasteiger partial charge is 0.287 e. The van der Waals surface area contributed by atoms with E-state index in [1.165, 1.54) is 24.6 Å². The van der Waals surface area contributed by atoms with Gasteiger partial charge in [0.1, 0.15) is 5.58 Å². The highest BCUT2D eigenvalue weighted by molar-refractivity contribution is 6.08. The van der Waals surface area contributed by atoms with E-state index in [2.05, 4.69) is 23.5 Å². The predicted molar refractivity (Wildman–Crippen MR) is 102 cm³/mol. The first-order chi connectivity index (χ1) is 12.7. The molecule has 4 saturated carbocycles. The maximum atomic E-state index is 13.0. The summed E-state index contributed by atoms with van der Waals surface area (Å²) in [7, 11) is 0. The van der Waals surface area contributed by atoms with Gasteiger partial charge in [-0.15, -0.1) is 0 Å². The monoisotopic (exact) mass is 345 g/mol. The molecular weight excluding hydrogens is 322 g/mol. The maximum Gasteiger partial charge on any atom is 0.287 e. The van der Waals surface area contributed by atoms with Gasteiger partial charge in [-0.05, 0) is 79.2 Å². The molecule has 26 heavy (non-hydrogen) atoms. The molecule has 0 radical (unpaired) electrons. The molecule has 3 heteroatoms. The van der Waals surface area contributed by atoms with Crippen molar-refractivity contribution in [3.05, 3.63) is 48.2 Å². The van der Waals surface area contributed by atoms with Crippen LogP contribution in [0.3, 0.4) is 0 Å². The van der Waals surface area contributed by atoms with E-state index in [4.69, 9.17) is 4.42 Å². The molecule has 0 aliphatic heterocycles. The van der Waals surface area contributed by atoms with Crippen molar-refractivity contribution in [3.63, 3.8) is 0 Å². The first-order valence-electron chi connectivity index (χ1n) is 9.91. The van der Waals surface area contributed by atoms with Gasteiger partial charge in [-0.1, -0.05) is 30.3 Å². The lowest BCUT2D eigenvalue weighted by molar-refractivity contribution is -0.0171. The molecule has 4 aliphatic carbocycles. The van der Waals surface area contributed by atoms with Gasteiger partial charge in [0.15, 0.2) is 5.76 Å². The van der Waals surface area contributed by atoms with Crippen LogP contribution in [0.4, 0.5) is 0 Å². The molecule has 4 aliphatic rings. The molecule has 0 atom stereocenters. The number of nitrogens with one attached hydrogen (secondary N) is 1. The van der Waals surface area contributed by atoms with Crippen molar-refractivity contribution in [2.24, 2.45) is 17.8 Å². The fraction of sp³-hybridized carbons (Fsp3) is 0.435. The quantitative estimate of drug-likeness (QED) is 0.686. The van der Waals surface area contributed by atoms with Crippen LogP contribution in [0.5, 0.6) is 0 Å².